The summed E-state index contributed by atoms with van der Waals surface area (Å²) in [6.07, 6.45) is 0.864. The van der Waals surface area contributed by atoms with E-state index in [1.165, 1.54) is 11.1 Å². The van der Waals surface area contributed by atoms with E-state index in [9.17, 15) is 4.79 Å². The first-order valence-electron chi connectivity index (χ1n) is 10.4. The van der Waals surface area contributed by atoms with Crippen molar-refractivity contribution < 1.29 is 14.3 Å². The van der Waals surface area contributed by atoms with Gasteiger partial charge in [0.1, 0.15) is 0 Å². The molecule has 6 nitrogen and oxygen atoms in total. The van der Waals surface area contributed by atoms with Gasteiger partial charge in [-0.05, 0) is 36.6 Å². The van der Waals surface area contributed by atoms with Crippen molar-refractivity contribution in [3.8, 4) is 11.5 Å². The second kappa shape index (κ2) is 9.29. The van der Waals surface area contributed by atoms with Gasteiger partial charge < -0.3 is 14.8 Å². The Labute approximate surface area is 172 Å². The van der Waals surface area contributed by atoms with Crippen LogP contribution >= 0.6 is 0 Å². The van der Waals surface area contributed by atoms with E-state index in [0.29, 0.717) is 13.3 Å². The second-order valence-corrected chi connectivity index (χ2v) is 7.70. The molecule has 1 N–H and O–H groups in total. The van der Waals surface area contributed by atoms with Gasteiger partial charge in [0.2, 0.25) is 12.7 Å². The zero-order valence-electron chi connectivity index (χ0n) is 17.0. The summed E-state index contributed by atoms with van der Waals surface area (Å²) in [6, 6.07) is 16.3. The zero-order chi connectivity index (χ0) is 20.1. The first-order valence-corrected chi connectivity index (χ1v) is 10.4. The summed E-state index contributed by atoms with van der Waals surface area (Å²) in [4.78, 5) is 17.2. The fourth-order valence-electron chi connectivity index (χ4n) is 3.89. The van der Waals surface area contributed by atoms with Gasteiger partial charge in [0.25, 0.3) is 0 Å². The lowest BCUT2D eigenvalue weighted by Gasteiger charge is -2.37. The number of hydrogen-bond donors (Lipinski definition) is 1. The average Bonchev–Trinajstić information content (AvgIpc) is 3.22. The molecule has 0 aromatic heterocycles. The smallest absolute Gasteiger partial charge is 0.237 e. The van der Waals surface area contributed by atoms with Crippen LogP contribution in [-0.2, 0) is 17.8 Å². The number of piperazine rings is 1. The molecule has 2 aromatic rings. The van der Waals surface area contributed by atoms with Crippen LogP contribution in [0.15, 0.2) is 48.5 Å². The number of fused-ring (bicyclic) bond motifs is 1. The van der Waals surface area contributed by atoms with Crippen LogP contribution in [0.4, 0.5) is 0 Å². The predicted molar refractivity (Wildman–Crippen MR) is 112 cm³/mol. The molecule has 0 spiro atoms. The van der Waals surface area contributed by atoms with Crippen molar-refractivity contribution in [1.82, 2.24) is 15.1 Å². The minimum absolute atomic E-state index is 0.0986. The number of nitrogens with zero attached hydrogens (tertiary/aromatic N) is 2. The summed E-state index contributed by atoms with van der Waals surface area (Å²) < 4.78 is 10.8. The van der Waals surface area contributed by atoms with Gasteiger partial charge in [0.15, 0.2) is 11.5 Å². The van der Waals surface area contributed by atoms with Gasteiger partial charge in [0, 0.05) is 39.3 Å². The molecule has 0 bridgehead atoms. The minimum Gasteiger partial charge on any atom is -0.454 e. The first-order chi connectivity index (χ1) is 14.2. The topological polar surface area (TPSA) is 54.0 Å². The molecule has 2 aliphatic rings. The average molecular weight is 396 g/mol. The van der Waals surface area contributed by atoms with Crippen LogP contribution in [0.1, 0.15) is 18.1 Å². The highest BCUT2D eigenvalue weighted by Crippen LogP contribution is 2.32. The Morgan fingerprint density at radius 2 is 1.76 bits per heavy atom. The number of amides is 1. The number of carbonyl (C=O) groups is 1. The standard InChI is InChI=1S/C23H29N3O3/c1-18(23(27)24-10-9-19-5-3-2-4-6-19)26-13-11-25(12-14-26)16-20-7-8-21-22(15-20)29-17-28-21/h2-8,15,18H,9-14,16-17H2,1H3,(H,24,27)/t18-/m0/s1. The predicted octanol–water partition coefficient (Wildman–Crippen LogP) is 2.28. The van der Waals surface area contributed by atoms with Crippen LogP contribution < -0.4 is 14.8 Å². The lowest BCUT2D eigenvalue weighted by Crippen LogP contribution is -2.53. The molecule has 4 rings (SSSR count). The first kappa shape index (κ1) is 19.7. The van der Waals surface area contributed by atoms with Crippen molar-refractivity contribution in [2.24, 2.45) is 0 Å². The van der Waals surface area contributed by atoms with E-state index in [4.69, 9.17) is 9.47 Å². The third kappa shape index (κ3) is 5.08. The molecule has 0 saturated carbocycles. The van der Waals surface area contributed by atoms with Crippen molar-refractivity contribution in [1.29, 1.82) is 0 Å². The summed E-state index contributed by atoms with van der Waals surface area (Å²) in [7, 11) is 0. The lowest BCUT2D eigenvalue weighted by molar-refractivity contribution is -0.126. The molecular formula is C23H29N3O3. The molecule has 1 fully saturated rings. The molecule has 1 saturated heterocycles. The van der Waals surface area contributed by atoms with Crippen LogP contribution in [-0.4, -0.2) is 61.3 Å². The number of ether oxygens (including phenoxy) is 2. The van der Waals surface area contributed by atoms with Crippen LogP contribution in [0.25, 0.3) is 0 Å². The van der Waals surface area contributed by atoms with E-state index < -0.39 is 0 Å². The number of carbonyl (C=O) groups excluding carboxylic acids is 1. The number of benzene rings is 2. The second-order valence-electron chi connectivity index (χ2n) is 7.70. The fourth-order valence-corrected chi connectivity index (χ4v) is 3.89. The van der Waals surface area contributed by atoms with Crippen molar-refractivity contribution in [3.05, 3.63) is 59.7 Å². The summed E-state index contributed by atoms with van der Waals surface area (Å²) in [5, 5.41) is 3.08. The van der Waals surface area contributed by atoms with Crippen LogP contribution in [0, 0.1) is 0 Å². The van der Waals surface area contributed by atoms with E-state index in [1.807, 2.05) is 31.2 Å². The van der Waals surface area contributed by atoms with E-state index in [-0.39, 0.29) is 11.9 Å². The fraction of sp³-hybridized carbons (Fsp3) is 0.435. The third-order valence-electron chi connectivity index (χ3n) is 5.73. The molecule has 0 unspecified atom stereocenters. The van der Waals surface area contributed by atoms with E-state index in [2.05, 4.69) is 39.4 Å². The van der Waals surface area contributed by atoms with Gasteiger partial charge in [-0.25, -0.2) is 0 Å². The van der Waals surface area contributed by atoms with Gasteiger partial charge in [-0.2, -0.15) is 0 Å². The largest absolute Gasteiger partial charge is 0.454 e. The maximum atomic E-state index is 12.5. The highest BCUT2D eigenvalue weighted by atomic mass is 16.7. The van der Waals surface area contributed by atoms with Crippen molar-refractivity contribution in [3.63, 3.8) is 0 Å². The zero-order valence-corrected chi connectivity index (χ0v) is 17.0. The normalized spacial score (nSPS) is 17.8. The van der Waals surface area contributed by atoms with Gasteiger partial charge in [-0.15, -0.1) is 0 Å². The van der Waals surface area contributed by atoms with E-state index in [0.717, 1.165) is 50.6 Å². The van der Waals surface area contributed by atoms with E-state index in [1.54, 1.807) is 0 Å². The highest BCUT2D eigenvalue weighted by Gasteiger charge is 2.25. The SMILES string of the molecule is C[C@@H](C(=O)NCCc1ccccc1)N1CCN(Cc2ccc3c(c2)OCO3)CC1. The summed E-state index contributed by atoms with van der Waals surface area (Å²) in [5.74, 6) is 1.78. The third-order valence-corrected chi connectivity index (χ3v) is 5.73. The minimum atomic E-state index is -0.0986. The van der Waals surface area contributed by atoms with Gasteiger partial charge in [-0.1, -0.05) is 36.4 Å². The van der Waals surface area contributed by atoms with E-state index >= 15 is 0 Å². The summed E-state index contributed by atoms with van der Waals surface area (Å²) in [5.41, 5.74) is 2.48. The van der Waals surface area contributed by atoms with Gasteiger partial charge in [-0.3, -0.25) is 14.6 Å². The lowest BCUT2D eigenvalue weighted by atomic mass is 10.1. The Morgan fingerprint density at radius 1 is 1.00 bits per heavy atom. The van der Waals surface area contributed by atoms with Crippen molar-refractivity contribution >= 4 is 5.91 Å². The molecule has 1 amide bonds. The molecule has 0 aliphatic carbocycles. The molecule has 2 aromatic carbocycles. The maximum Gasteiger partial charge on any atom is 0.237 e. The summed E-state index contributed by atoms with van der Waals surface area (Å²) >= 11 is 0. The molecule has 6 heteroatoms. The Balaban J connectivity index is 1.20. The van der Waals surface area contributed by atoms with Gasteiger partial charge in [0.05, 0.1) is 6.04 Å². The van der Waals surface area contributed by atoms with Crippen molar-refractivity contribution in [2.45, 2.75) is 25.9 Å². The highest BCUT2D eigenvalue weighted by molar-refractivity contribution is 5.81. The molecule has 0 radical (unpaired) electrons. The Bertz CT molecular complexity index is 819. The van der Waals surface area contributed by atoms with Crippen LogP contribution in [0.3, 0.4) is 0 Å². The molecule has 2 heterocycles. The van der Waals surface area contributed by atoms with Crippen molar-refractivity contribution in [2.75, 3.05) is 39.5 Å². The molecule has 154 valence electrons. The van der Waals surface area contributed by atoms with Crippen LogP contribution in [0.5, 0.6) is 11.5 Å². The molecule has 1 atom stereocenters. The molecule has 2 aliphatic heterocycles. The number of rotatable bonds is 7. The molecule has 29 heavy (non-hydrogen) atoms. The Kier molecular flexibility index (Phi) is 6.32. The Hall–Kier alpha value is -2.57. The van der Waals surface area contributed by atoms with Crippen LogP contribution in [0.2, 0.25) is 0 Å². The van der Waals surface area contributed by atoms with Gasteiger partial charge >= 0.3 is 0 Å². The number of hydrogen-bond acceptors (Lipinski definition) is 5. The quantitative estimate of drug-likeness (QED) is 0.780. The maximum absolute atomic E-state index is 12.5. The Morgan fingerprint density at radius 3 is 2.55 bits per heavy atom. The monoisotopic (exact) mass is 395 g/mol. The molecular weight excluding hydrogens is 366 g/mol. The number of nitrogens with one attached hydrogen (secondary N) is 1. The summed E-state index contributed by atoms with van der Waals surface area (Å²) in [6.45, 7) is 7.59.